The molecule has 1 saturated heterocycles. The van der Waals surface area contributed by atoms with E-state index in [4.69, 9.17) is 4.74 Å². The van der Waals surface area contributed by atoms with Gasteiger partial charge >= 0.3 is 6.03 Å². The van der Waals surface area contributed by atoms with Gasteiger partial charge in [-0.15, -0.1) is 0 Å². The Morgan fingerprint density at radius 3 is 2.05 bits per heavy atom. The number of sulfone groups is 1. The van der Waals surface area contributed by atoms with Gasteiger partial charge in [0, 0.05) is 55.9 Å². The van der Waals surface area contributed by atoms with Crippen LogP contribution in [0.5, 0.6) is 0 Å². The quantitative estimate of drug-likeness (QED) is 0.461. The van der Waals surface area contributed by atoms with Gasteiger partial charge in [-0.05, 0) is 48.5 Å². The number of nitrogens with one attached hydrogen (secondary N) is 2. The van der Waals surface area contributed by atoms with E-state index in [1.54, 1.807) is 62.6 Å². The summed E-state index contributed by atoms with van der Waals surface area (Å²) >= 11 is 0. The first kappa shape index (κ1) is 26.9. The first-order chi connectivity index (χ1) is 18.1. The van der Waals surface area contributed by atoms with E-state index >= 15 is 0 Å². The van der Waals surface area contributed by atoms with Gasteiger partial charge in [0.2, 0.25) is 5.95 Å². The van der Waals surface area contributed by atoms with Crippen LogP contribution in [0, 0.1) is 0 Å². The molecule has 1 aromatic heterocycles. The normalized spacial score (nSPS) is 13.6. The van der Waals surface area contributed by atoms with Crippen molar-refractivity contribution < 1.29 is 22.7 Å². The van der Waals surface area contributed by atoms with Crippen LogP contribution in [-0.2, 0) is 20.3 Å². The summed E-state index contributed by atoms with van der Waals surface area (Å²) in [7, 11) is -0.00505. The second-order valence-corrected chi connectivity index (χ2v) is 11.1. The summed E-state index contributed by atoms with van der Waals surface area (Å²) in [5.41, 5.74) is 2.23. The maximum atomic E-state index is 12.5. The predicted octanol–water partition coefficient (Wildman–Crippen LogP) is 2.27. The molecule has 1 aliphatic heterocycles. The third kappa shape index (κ3) is 7.23. The van der Waals surface area contributed by atoms with E-state index in [1.807, 2.05) is 4.90 Å². The average Bonchev–Trinajstić information content (AvgIpc) is 2.88. The highest BCUT2D eigenvalue weighted by molar-refractivity contribution is 7.89. The largest absolute Gasteiger partial charge is 0.378 e. The van der Waals surface area contributed by atoms with Crippen LogP contribution in [0.15, 0.2) is 48.5 Å². The lowest BCUT2D eigenvalue weighted by molar-refractivity contribution is 0.0827. The fourth-order valence-corrected chi connectivity index (χ4v) is 4.29. The molecule has 13 heteroatoms. The summed E-state index contributed by atoms with van der Waals surface area (Å²) in [6.07, 6.45) is 1.13. The zero-order valence-electron chi connectivity index (χ0n) is 21.3. The molecule has 0 unspecified atom stereocenters. The Morgan fingerprint density at radius 2 is 1.50 bits per heavy atom. The topological polar surface area (TPSA) is 147 Å². The Labute approximate surface area is 221 Å². The number of amides is 3. The maximum absolute atomic E-state index is 12.5. The first-order valence-electron chi connectivity index (χ1n) is 11.8. The number of benzene rings is 2. The van der Waals surface area contributed by atoms with E-state index in [2.05, 4.69) is 25.6 Å². The van der Waals surface area contributed by atoms with Gasteiger partial charge in [-0.25, -0.2) is 18.2 Å². The molecule has 2 heterocycles. The molecule has 200 valence electrons. The Morgan fingerprint density at radius 1 is 0.921 bits per heavy atom. The van der Waals surface area contributed by atoms with Gasteiger partial charge in [-0.1, -0.05) is 0 Å². The molecule has 0 spiro atoms. The van der Waals surface area contributed by atoms with Crippen molar-refractivity contribution >= 4 is 39.1 Å². The van der Waals surface area contributed by atoms with E-state index < -0.39 is 15.9 Å². The monoisotopic (exact) mass is 539 g/mol. The van der Waals surface area contributed by atoms with Crippen LogP contribution in [0.25, 0.3) is 11.4 Å². The van der Waals surface area contributed by atoms with Gasteiger partial charge in [0.25, 0.3) is 5.91 Å². The highest BCUT2D eigenvalue weighted by Gasteiger charge is 2.19. The van der Waals surface area contributed by atoms with Crippen molar-refractivity contribution in [2.45, 2.75) is 5.75 Å². The first-order valence-corrected chi connectivity index (χ1v) is 13.9. The number of carbonyl (C=O) groups is 2. The van der Waals surface area contributed by atoms with Crippen LogP contribution in [0.2, 0.25) is 0 Å². The summed E-state index contributed by atoms with van der Waals surface area (Å²) < 4.78 is 29.2. The van der Waals surface area contributed by atoms with Crippen molar-refractivity contribution in [3.63, 3.8) is 0 Å². The smallest absolute Gasteiger partial charge is 0.323 e. The summed E-state index contributed by atoms with van der Waals surface area (Å²) in [5, 5.41) is 5.47. The number of aromatic nitrogens is 3. The van der Waals surface area contributed by atoms with E-state index in [0.717, 1.165) is 6.26 Å². The molecule has 0 radical (unpaired) electrons. The minimum atomic E-state index is -3.35. The van der Waals surface area contributed by atoms with Gasteiger partial charge in [0.1, 0.15) is 11.6 Å². The Kier molecular flexibility index (Phi) is 8.17. The molecule has 12 nitrogen and oxygen atoms in total. The molecule has 4 rings (SSSR count). The standard InChI is InChI=1S/C25H29N7O5S/c1-31(2)23(33)18-6-10-20(11-7-18)27-25(34)26-19-8-4-17(5-9-19)22-28-21(16-38(3,35)36)29-24(30-22)32-12-14-37-15-13-32/h4-11H,12-16H2,1-3H3,(H2,26,27,34). The molecule has 38 heavy (non-hydrogen) atoms. The maximum Gasteiger partial charge on any atom is 0.323 e. The Balaban J connectivity index is 1.47. The number of carbonyl (C=O) groups excluding carboxylic acids is 2. The minimum absolute atomic E-state index is 0.125. The third-order valence-corrected chi connectivity index (χ3v) is 6.33. The summed E-state index contributed by atoms with van der Waals surface area (Å²) in [6.45, 7) is 2.25. The lowest BCUT2D eigenvalue weighted by Crippen LogP contribution is -2.37. The van der Waals surface area contributed by atoms with Crippen LogP contribution >= 0.6 is 0 Å². The highest BCUT2D eigenvalue weighted by atomic mass is 32.2. The average molecular weight is 540 g/mol. The van der Waals surface area contributed by atoms with Crippen molar-refractivity contribution in [1.82, 2.24) is 19.9 Å². The molecule has 3 aromatic rings. The number of nitrogens with zero attached hydrogens (tertiary/aromatic N) is 5. The van der Waals surface area contributed by atoms with E-state index in [9.17, 15) is 18.0 Å². The van der Waals surface area contributed by atoms with Crippen molar-refractivity contribution in [2.24, 2.45) is 0 Å². The summed E-state index contributed by atoms with van der Waals surface area (Å²) in [5.74, 6) is 0.475. The lowest BCUT2D eigenvalue weighted by Gasteiger charge is -2.27. The van der Waals surface area contributed by atoms with E-state index in [1.165, 1.54) is 4.90 Å². The molecule has 1 aliphatic rings. The van der Waals surface area contributed by atoms with Crippen LogP contribution < -0.4 is 15.5 Å². The lowest BCUT2D eigenvalue weighted by atomic mass is 10.2. The molecule has 0 aliphatic carbocycles. The second-order valence-electron chi connectivity index (χ2n) is 8.98. The number of rotatable bonds is 7. The number of ether oxygens (including phenoxy) is 1. The summed E-state index contributed by atoms with van der Waals surface area (Å²) in [4.78, 5) is 41.2. The van der Waals surface area contributed by atoms with Crippen LogP contribution in [-0.4, -0.2) is 86.9 Å². The number of hydrogen-bond acceptors (Lipinski definition) is 9. The van der Waals surface area contributed by atoms with Crippen LogP contribution in [0.1, 0.15) is 16.2 Å². The van der Waals surface area contributed by atoms with E-state index in [0.29, 0.717) is 60.6 Å². The van der Waals surface area contributed by atoms with Crippen molar-refractivity contribution in [3.8, 4) is 11.4 Å². The van der Waals surface area contributed by atoms with Gasteiger partial charge < -0.3 is 25.2 Å². The zero-order chi connectivity index (χ0) is 27.3. The fraction of sp³-hybridized carbons (Fsp3) is 0.320. The number of urea groups is 1. The zero-order valence-corrected chi connectivity index (χ0v) is 22.2. The highest BCUT2D eigenvalue weighted by Crippen LogP contribution is 2.22. The van der Waals surface area contributed by atoms with Crippen molar-refractivity contribution in [2.75, 3.05) is 62.2 Å². The molecule has 1 fully saturated rings. The molecule has 0 saturated carbocycles. The second kappa shape index (κ2) is 11.5. The van der Waals surface area contributed by atoms with Gasteiger partial charge in [-0.2, -0.15) is 9.97 Å². The van der Waals surface area contributed by atoms with Gasteiger partial charge in [0.05, 0.1) is 13.2 Å². The molecule has 0 bridgehead atoms. The van der Waals surface area contributed by atoms with Crippen molar-refractivity contribution in [3.05, 3.63) is 59.9 Å². The molecular weight excluding hydrogens is 510 g/mol. The molecule has 2 N–H and O–H groups in total. The number of hydrogen-bond donors (Lipinski definition) is 2. The summed E-state index contributed by atoms with van der Waals surface area (Å²) in [6, 6.07) is 13.0. The van der Waals surface area contributed by atoms with Crippen LogP contribution in [0.3, 0.4) is 0 Å². The van der Waals surface area contributed by atoms with Crippen LogP contribution in [0.4, 0.5) is 22.1 Å². The molecule has 2 aromatic carbocycles. The SMILES string of the molecule is CN(C)C(=O)c1ccc(NC(=O)Nc2ccc(-c3nc(CS(C)(=O)=O)nc(N4CCOCC4)n3)cc2)cc1. The van der Waals surface area contributed by atoms with Gasteiger partial charge in [0.15, 0.2) is 15.7 Å². The fourth-order valence-electron chi connectivity index (χ4n) is 3.69. The molecule has 0 atom stereocenters. The molecule has 3 amide bonds. The molecular formula is C25H29N7O5S. The van der Waals surface area contributed by atoms with E-state index in [-0.39, 0.29) is 17.5 Å². The van der Waals surface area contributed by atoms with Crippen molar-refractivity contribution in [1.29, 1.82) is 0 Å². The Bertz CT molecular complexity index is 1410. The minimum Gasteiger partial charge on any atom is -0.378 e. The van der Waals surface area contributed by atoms with Gasteiger partial charge in [-0.3, -0.25) is 4.79 Å². The Hall–Kier alpha value is -4.10. The third-order valence-electron chi connectivity index (χ3n) is 5.55. The predicted molar refractivity (Wildman–Crippen MR) is 144 cm³/mol. The number of anilines is 3. The number of morpholine rings is 1.